The molecule has 1 aliphatic heterocycles. The molecule has 2 aliphatic rings. The molecular formula is C38H50N8O3. The van der Waals surface area contributed by atoms with E-state index in [2.05, 4.69) is 16.0 Å². The van der Waals surface area contributed by atoms with Crippen molar-refractivity contribution in [2.75, 3.05) is 25.0 Å². The molecule has 1 fully saturated rings. The van der Waals surface area contributed by atoms with Gasteiger partial charge in [0.05, 0.1) is 12.2 Å². The van der Waals surface area contributed by atoms with Gasteiger partial charge in [-0.15, -0.1) is 0 Å². The molecule has 0 saturated carbocycles. The number of piperidine rings is 1. The van der Waals surface area contributed by atoms with Crippen LogP contribution in [0.2, 0.25) is 0 Å². The largest absolute Gasteiger partial charge is 0.484 e. The molecule has 3 aromatic rings. The van der Waals surface area contributed by atoms with Crippen molar-refractivity contribution in [1.82, 2.24) is 20.1 Å². The lowest BCUT2D eigenvalue weighted by Crippen LogP contribution is -2.44. The van der Waals surface area contributed by atoms with Crippen molar-refractivity contribution in [3.05, 3.63) is 101 Å². The van der Waals surface area contributed by atoms with E-state index in [0.717, 1.165) is 54.7 Å². The van der Waals surface area contributed by atoms with Crippen molar-refractivity contribution in [2.24, 2.45) is 11.3 Å². The van der Waals surface area contributed by atoms with E-state index < -0.39 is 5.41 Å². The Morgan fingerprint density at radius 2 is 1.67 bits per heavy atom. The summed E-state index contributed by atoms with van der Waals surface area (Å²) in [7, 11) is 0. The predicted molar refractivity (Wildman–Crippen MR) is 193 cm³/mol. The number of aryl methyl sites for hydroxylation is 1. The number of aliphatic hydroxyl groups excluding tert-OH is 1. The van der Waals surface area contributed by atoms with Crippen LogP contribution in [-0.4, -0.2) is 52.0 Å². The molecule has 2 atom stereocenters. The maximum Gasteiger partial charge on any atom is 0.320 e. The Hall–Kier alpha value is -4.90. The van der Waals surface area contributed by atoms with E-state index >= 15 is 0 Å². The number of hydrogen-bond donors (Lipinski definition) is 7. The van der Waals surface area contributed by atoms with Crippen LogP contribution in [0.5, 0.6) is 5.75 Å². The van der Waals surface area contributed by atoms with Gasteiger partial charge in [0.1, 0.15) is 23.2 Å². The minimum atomic E-state index is -0.395. The topological polar surface area (TPSA) is 162 Å². The molecule has 2 heterocycles. The van der Waals surface area contributed by atoms with Crippen LogP contribution in [-0.2, 0) is 0 Å². The molecule has 0 unspecified atom stereocenters. The van der Waals surface area contributed by atoms with Gasteiger partial charge in [-0.2, -0.15) is 0 Å². The number of rotatable bonds is 9. The van der Waals surface area contributed by atoms with E-state index in [1.54, 1.807) is 29.0 Å². The normalized spacial score (nSPS) is 18.3. The van der Waals surface area contributed by atoms with Gasteiger partial charge in [-0.25, -0.2) is 4.79 Å². The molecule has 0 radical (unpaired) electrons. The number of pyridine rings is 1. The van der Waals surface area contributed by atoms with Gasteiger partial charge in [-0.3, -0.25) is 20.7 Å². The zero-order valence-electron chi connectivity index (χ0n) is 29.0. The second kappa shape index (κ2) is 15.5. The lowest BCUT2D eigenvalue weighted by atomic mass is 9.85. The van der Waals surface area contributed by atoms with E-state index in [1.165, 1.54) is 0 Å². The number of fused-ring (bicyclic) bond motifs is 1. The molecule has 2 aromatic carbocycles. The smallest absolute Gasteiger partial charge is 0.320 e. The predicted octanol–water partition coefficient (Wildman–Crippen LogP) is 6.43. The number of anilines is 1. The van der Waals surface area contributed by atoms with Gasteiger partial charge in [-0.1, -0.05) is 62.7 Å². The maximum absolute atomic E-state index is 13.4. The summed E-state index contributed by atoms with van der Waals surface area (Å²) in [5.41, 5.74) is 4.06. The summed E-state index contributed by atoms with van der Waals surface area (Å²) in [6.45, 7) is 9.52. The Morgan fingerprint density at radius 3 is 2.35 bits per heavy atom. The first-order valence-corrected chi connectivity index (χ1v) is 17.1. The van der Waals surface area contributed by atoms with E-state index in [1.807, 2.05) is 81.1 Å². The third kappa shape index (κ3) is 9.17. The number of hydrogen-bond acceptors (Lipinski definition) is 7. The molecule has 7 N–H and O–H groups in total. The quantitative estimate of drug-likeness (QED) is 0.103. The summed E-state index contributed by atoms with van der Waals surface area (Å²) in [6, 6.07) is 18.6. The van der Waals surface area contributed by atoms with E-state index in [0.29, 0.717) is 36.0 Å². The number of carbonyl (C=O) groups is 1. The van der Waals surface area contributed by atoms with Gasteiger partial charge < -0.3 is 30.8 Å². The fraction of sp³-hybridized carbons (Fsp3) is 0.421. The zero-order valence-corrected chi connectivity index (χ0v) is 29.0. The number of allylic oxidation sites excluding steroid dienone is 1. The number of benzene rings is 2. The number of ether oxygens (including phenoxy) is 1. The van der Waals surface area contributed by atoms with Crippen molar-refractivity contribution >= 4 is 23.4 Å². The Labute approximate surface area is 288 Å². The van der Waals surface area contributed by atoms with Crippen molar-refractivity contribution < 1.29 is 14.6 Å². The summed E-state index contributed by atoms with van der Waals surface area (Å²) in [5.74, 6) is 1.70. The average molecular weight is 667 g/mol. The molecule has 5 rings (SSSR count). The number of aromatic nitrogens is 1. The number of carbonyl (C=O) groups excluding carboxylic acids is 1. The second-order valence-corrected chi connectivity index (χ2v) is 14.1. The van der Waals surface area contributed by atoms with Gasteiger partial charge >= 0.3 is 6.03 Å². The van der Waals surface area contributed by atoms with Gasteiger partial charge in [-0.05, 0) is 80.3 Å². The minimum Gasteiger partial charge on any atom is -0.484 e. The molecule has 1 aliphatic carbocycles. The van der Waals surface area contributed by atoms with Crippen molar-refractivity contribution in [1.29, 1.82) is 16.2 Å². The van der Waals surface area contributed by atoms with Crippen LogP contribution in [0.4, 0.5) is 10.5 Å². The first-order valence-electron chi connectivity index (χ1n) is 17.1. The lowest BCUT2D eigenvalue weighted by Gasteiger charge is -2.34. The monoisotopic (exact) mass is 666 g/mol. The van der Waals surface area contributed by atoms with E-state index in [4.69, 9.17) is 21.0 Å². The van der Waals surface area contributed by atoms with Crippen LogP contribution in [0.15, 0.2) is 78.8 Å². The highest BCUT2D eigenvalue weighted by molar-refractivity contribution is 5.97. The van der Waals surface area contributed by atoms with E-state index in [9.17, 15) is 9.90 Å². The Morgan fingerprint density at radius 1 is 0.980 bits per heavy atom. The highest BCUT2D eigenvalue weighted by Crippen LogP contribution is 2.38. The first kappa shape index (κ1) is 35.4. The number of amides is 2. The van der Waals surface area contributed by atoms with Crippen molar-refractivity contribution in [2.45, 2.75) is 71.9 Å². The molecule has 1 aromatic heterocycles. The van der Waals surface area contributed by atoms with Gasteiger partial charge in [0, 0.05) is 42.6 Å². The zero-order chi connectivity index (χ0) is 35.1. The standard InChI is InChI=1S/C38H50N8O3/c1-25-9-11-27(12-10-25)42-35(23-33(39)38(2,3)4)44-37(48)43-31-14-15-32(30-8-6-5-7-29(30)31)49-28-13-16-34(40)46(24-28)36(41)45-20-17-26(18-21-45)19-22-47/h5-13,16,23-24,26,31-32,39-42,47H,14-15,17-22H2,1-4H3,(H2,43,44,48)/b35-23+,39-33?,40-34?,41-36?/t31-,32+/m0/s1. The fourth-order valence-electron chi connectivity index (χ4n) is 6.25. The Balaban J connectivity index is 1.27. The summed E-state index contributed by atoms with van der Waals surface area (Å²) in [6.07, 6.45) is 7.03. The minimum absolute atomic E-state index is 0.190. The van der Waals surface area contributed by atoms with Gasteiger partial charge in [0.15, 0.2) is 0 Å². The van der Waals surface area contributed by atoms with Crippen LogP contribution in [0, 0.1) is 34.5 Å². The lowest BCUT2D eigenvalue weighted by molar-refractivity contribution is 0.170. The molecule has 11 heteroatoms. The SMILES string of the molecule is Cc1ccc(N/C(=C\C(=N)C(C)(C)C)NC(=O)N[C@H]2CC[C@@H](Oc3ccc(=N)n(C(=N)N4CCC(CCO)CC4)c3)c3ccccc32)cc1. The molecule has 0 spiro atoms. The van der Waals surface area contributed by atoms with Gasteiger partial charge in [0.25, 0.3) is 0 Å². The first-order chi connectivity index (χ1) is 23.4. The highest BCUT2D eigenvalue weighted by Gasteiger charge is 2.30. The number of nitrogens with one attached hydrogen (secondary N) is 6. The fourth-order valence-corrected chi connectivity index (χ4v) is 6.25. The van der Waals surface area contributed by atoms with Crippen LogP contribution in [0.1, 0.15) is 81.7 Å². The Bertz CT molecular complexity index is 1730. The van der Waals surface area contributed by atoms with Gasteiger partial charge in [0.2, 0.25) is 5.96 Å². The summed E-state index contributed by atoms with van der Waals surface area (Å²) in [5, 5.41) is 44.5. The maximum atomic E-state index is 13.4. The Kier molecular flexibility index (Phi) is 11.2. The van der Waals surface area contributed by atoms with E-state index in [-0.39, 0.29) is 36.2 Å². The molecular weight excluding hydrogens is 616 g/mol. The van der Waals surface area contributed by atoms with Crippen LogP contribution in [0.25, 0.3) is 0 Å². The third-order valence-corrected chi connectivity index (χ3v) is 9.30. The molecule has 260 valence electrons. The number of likely N-dealkylation sites (tertiary alicyclic amines) is 1. The summed E-state index contributed by atoms with van der Waals surface area (Å²) in [4.78, 5) is 15.4. The summed E-state index contributed by atoms with van der Waals surface area (Å²) >= 11 is 0. The second-order valence-electron chi connectivity index (χ2n) is 14.1. The van der Waals surface area contributed by atoms with Crippen molar-refractivity contribution in [3.8, 4) is 5.75 Å². The molecule has 49 heavy (non-hydrogen) atoms. The average Bonchev–Trinajstić information content (AvgIpc) is 3.07. The number of aliphatic hydroxyl groups is 1. The van der Waals surface area contributed by atoms with Crippen LogP contribution in [0.3, 0.4) is 0 Å². The van der Waals surface area contributed by atoms with Crippen LogP contribution >= 0.6 is 0 Å². The molecule has 0 bridgehead atoms. The number of urea groups is 1. The highest BCUT2D eigenvalue weighted by atomic mass is 16.5. The third-order valence-electron chi connectivity index (χ3n) is 9.30. The van der Waals surface area contributed by atoms with Crippen LogP contribution < -0.4 is 26.2 Å². The van der Waals surface area contributed by atoms with Crippen molar-refractivity contribution in [3.63, 3.8) is 0 Å². The number of nitrogens with zero attached hydrogens (tertiary/aromatic N) is 2. The molecule has 1 saturated heterocycles. The molecule has 2 amide bonds. The molecule has 11 nitrogen and oxygen atoms in total. The summed E-state index contributed by atoms with van der Waals surface area (Å²) < 4.78 is 8.07.